The first kappa shape index (κ1) is 13.2. The summed E-state index contributed by atoms with van der Waals surface area (Å²) in [5.41, 5.74) is 1.89. The van der Waals surface area contributed by atoms with Gasteiger partial charge in [-0.2, -0.15) is 0 Å². The van der Waals surface area contributed by atoms with Crippen molar-refractivity contribution < 1.29 is 9.90 Å². The highest BCUT2D eigenvalue weighted by molar-refractivity contribution is 5.97. The van der Waals surface area contributed by atoms with Gasteiger partial charge in [0.1, 0.15) is 0 Å². The molecular weight excluding hydrogens is 226 g/mol. The molecule has 1 saturated heterocycles. The molecule has 3 nitrogen and oxygen atoms in total. The van der Waals surface area contributed by atoms with Gasteiger partial charge in [-0.25, -0.2) is 0 Å². The zero-order chi connectivity index (χ0) is 13.0. The molecule has 0 spiro atoms. The number of carbonyl (C=O) groups excluding carboxylic acids is 1. The molecule has 0 aliphatic carbocycles. The summed E-state index contributed by atoms with van der Waals surface area (Å²) in [6.45, 7) is 4.59. The van der Waals surface area contributed by atoms with Crippen molar-refractivity contribution in [1.29, 1.82) is 0 Å². The molecule has 1 heterocycles. The highest BCUT2D eigenvalue weighted by Gasteiger charge is 2.18. The number of benzene rings is 1. The standard InChI is InChI=1S/C15H21NO2/c1-12-4-2-3-5-14(12)15(18)8-11-16-9-6-13(17)7-10-16/h2-5,13,17H,6-11H2,1H3. The van der Waals surface area contributed by atoms with Gasteiger partial charge in [-0.1, -0.05) is 24.3 Å². The molecule has 1 aliphatic rings. The van der Waals surface area contributed by atoms with Gasteiger partial charge in [0.2, 0.25) is 0 Å². The molecule has 3 heteroatoms. The zero-order valence-corrected chi connectivity index (χ0v) is 10.9. The number of hydrogen-bond acceptors (Lipinski definition) is 3. The molecule has 0 radical (unpaired) electrons. The third kappa shape index (κ3) is 3.40. The fourth-order valence-corrected chi connectivity index (χ4v) is 2.42. The zero-order valence-electron chi connectivity index (χ0n) is 10.9. The molecule has 0 amide bonds. The number of carbonyl (C=O) groups is 1. The Bertz CT molecular complexity index is 409. The minimum atomic E-state index is -0.145. The first-order valence-corrected chi connectivity index (χ1v) is 6.66. The molecule has 1 aromatic rings. The number of piperidine rings is 1. The summed E-state index contributed by atoms with van der Waals surface area (Å²) in [6, 6.07) is 7.75. The molecule has 0 unspecified atom stereocenters. The van der Waals surface area contributed by atoms with E-state index in [-0.39, 0.29) is 11.9 Å². The SMILES string of the molecule is Cc1ccccc1C(=O)CCN1CCC(O)CC1. The van der Waals surface area contributed by atoms with Crippen molar-refractivity contribution >= 4 is 5.78 Å². The van der Waals surface area contributed by atoms with Crippen molar-refractivity contribution in [2.75, 3.05) is 19.6 Å². The van der Waals surface area contributed by atoms with Crippen molar-refractivity contribution in [1.82, 2.24) is 4.90 Å². The summed E-state index contributed by atoms with van der Waals surface area (Å²) in [7, 11) is 0. The van der Waals surface area contributed by atoms with E-state index >= 15 is 0 Å². The maximum absolute atomic E-state index is 12.1. The molecular formula is C15H21NO2. The van der Waals surface area contributed by atoms with E-state index in [0.29, 0.717) is 6.42 Å². The van der Waals surface area contributed by atoms with Crippen LogP contribution in [0.3, 0.4) is 0 Å². The predicted molar refractivity (Wildman–Crippen MR) is 71.8 cm³/mol. The molecule has 1 fully saturated rings. The van der Waals surface area contributed by atoms with E-state index < -0.39 is 0 Å². The summed E-state index contributed by atoms with van der Waals surface area (Å²) in [6.07, 6.45) is 2.09. The molecule has 1 aromatic carbocycles. The first-order valence-electron chi connectivity index (χ1n) is 6.66. The van der Waals surface area contributed by atoms with E-state index in [1.165, 1.54) is 0 Å². The molecule has 0 bridgehead atoms. The second-order valence-corrected chi connectivity index (χ2v) is 5.06. The molecule has 1 aliphatic heterocycles. The van der Waals surface area contributed by atoms with Crippen LogP contribution in [0.5, 0.6) is 0 Å². The number of aryl methyl sites for hydroxylation is 1. The van der Waals surface area contributed by atoms with Gasteiger partial charge in [0.25, 0.3) is 0 Å². The quantitative estimate of drug-likeness (QED) is 0.828. The highest BCUT2D eigenvalue weighted by Crippen LogP contribution is 2.13. The third-order valence-corrected chi connectivity index (χ3v) is 3.66. The molecule has 0 aromatic heterocycles. The van der Waals surface area contributed by atoms with Crippen molar-refractivity contribution in [2.45, 2.75) is 32.3 Å². The van der Waals surface area contributed by atoms with Crippen LogP contribution in [-0.4, -0.2) is 41.5 Å². The average molecular weight is 247 g/mol. The minimum Gasteiger partial charge on any atom is -0.393 e. The lowest BCUT2D eigenvalue weighted by atomic mass is 10.0. The Morgan fingerprint density at radius 2 is 2.00 bits per heavy atom. The van der Waals surface area contributed by atoms with Crippen LogP contribution in [0.2, 0.25) is 0 Å². The lowest BCUT2D eigenvalue weighted by Crippen LogP contribution is -2.37. The van der Waals surface area contributed by atoms with Crippen molar-refractivity contribution in [3.05, 3.63) is 35.4 Å². The van der Waals surface area contributed by atoms with E-state index in [0.717, 1.165) is 43.6 Å². The van der Waals surface area contributed by atoms with E-state index in [1.54, 1.807) is 0 Å². The number of Topliss-reactive ketones (excluding diaryl/α,β-unsaturated/α-hetero) is 1. The van der Waals surface area contributed by atoms with E-state index in [2.05, 4.69) is 4.90 Å². The summed E-state index contributed by atoms with van der Waals surface area (Å²) < 4.78 is 0. The summed E-state index contributed by atoms with van der Waals surface area (Å²) >= 11 is 0. The normalized spacial score (nSPS) is 17.9. The first-order chi connectivity index (χ1) is 8.66. The Morgan fingerprint density at radius 1 is 1.33 bits per heavy atom. The average Bonchev–Trinajstić information content (AvgIpc) is 2.38. The van der Waals surface area contributed by atoms with Crippen molar-refractivity contribution in [3.8, 4) is 0 Å². The second kappa shape index (κ2) is 6.12. The fourth-order valence-electron chi connectivity index (χ4n) is 2.42. The summed E-state index contributed by atoms with van der Waals surface area (Å²) in [4.78, 5) is 14.4. The van der Waals surface area contributed by atoms with Crippen LogP contribution in [0.25, 0.3) is 0 Å². The Kier molecular flexibility index (Phi) is 4.50. The lowest BCUT2D eigenvalue weighted by molar-refractivity contribution is 0.0778. The predicted octanol–water partition coefficient (Wildman–Crippen LogP) is 2.02. The van der Waals surface area contributed by atoms with Crippen LogP contribution < -0.4 is 0 Å². The summed E-state index contributed by atoms with van der Waals surface area (Å²) in [5.74, 6) is 0.222. The number of aliphatic hydroxyl groups is 1. The number of likely N-dealkylation sites (tertiary alicyclic amines) is 1. The number of rotatable bonds is 4. The maximum Gasteiger partial charge on any atom is 0.164 e. The van der Waals surface area contributed by atoms with E-state index in [4.69, 9.17) is 0 Å². The number of hydrogen-bond donors (Lipinski definition) is 1. The van der Waals surface area contributed by atoms with Crippen LogP contribution in [0.4, 0.5) is 0 Å². The fraction of sp³-hybridized carbons (Fsp3) is 0.533. The largest absolute Gasteiger partial charge is 0.393 e. The molecule has 1 N–H and O–H groups in total. The van der Waals surface area contributed by atoms with E-state index in [9.17, 15) is 9.90 Å². The Hall–Kier alpha value is -1.19. The third-order valence-electron chi connectivity index (χ3n) is 3.66. The molecule has 18 heavy (non-hydrogen) atoms. The molecule has 2 rings (SSSR count). The van der Waals surface area contributed by atoms with Crippen molar-refractivity contribution in [2.24, 2.45) is 0 Å². The van der Waals surface area contributed by atoms with Gasteiger partial charge < -0.3 is 10.0 Å². The molecule has 0 saturated carbocycles. The van der Waals surface area contributed by atoms with Crippen molar-refractivity contribution in [3.63, 3.8) is 0 Å². The molecule has 98 valence electrons. The smallest absolute Gasteiger partial charge is 0.164 e. The lowest BCUT2D eigenvalue weighted by Gasteiger charge is -2.29. The van der Waals surface area contributed by atoms with Gasteiger partial charge in [-0.05, 0) is 25.3 Å². The monoisotopic (exact) mass is 247 g/mol. The van der Waals surface area contributed by atoms with Gasteiger partial charge in [-0.3, -0.25) is 4.79 Å². The van der Waals surface area contributed by atoms with E-state index in [1.807, 2.05) is 31.2 Å². The van der Waals surface area contributed by atoms with Crippen LogP contribution in [0.1, 0.15) is 35.2 Å². The van der Waals surface area contributed by atoms with Gasteiger partial charge in [0.15, 0.2) is 5.78 Å². The number of nitrogens with zero attached hydrogens (tertiary/aromatic N) is 1. The number of aliphatic hydroxyl groups excluding tert-OH is 1. The van der Waals surface area contributed by atoms with Gasteiger partial charge in [-0.15, -0.1) is 0 Å². The van der Waals surface area contributed by atoms with Crippen LogP contribution in [-0.2, 0) is 0 Å². The van der Waals surface area contributed by atoms with Gasteiger partial charge in [0, 0.05) is 31.6 Å². The minimum absolute atomic E-state index is 0.145. The van der Waals surface area contributed by atoms with Gasteiger partial charge in [0.05, 0.1) is 6.10 Å². The summed E-state index contributed by atoms with van der Waals surface area (Å²) in [5, 5.41) is 9.43. The number of ketones is 1. The van der Waals surface area contributed by atoms with Crippen LogP contribution in [0, 0.1) is 6.92 Å². The van der Waals surface area contributed by atoms with Gasteiger partial charge >= 0.3 is 0 Å². The Morgan fingerprint density at radius 3 is 2.67 bits per heavy atom. The topological polar surface area (TPSA) is 40.5 Å². The Balaban J connectivity index is 1.84. The second-order valence-electron chi connectivity index (χ2n) is 5.06. The van der Waals surface area contributed by atoms with Crippen LogP contribution >= 0.6 is 0 Å². The molecule has 0 atom stereocenters. The Labute approximate surface area is 108 Å². The highest BCUT2D eigenvalue weighted by atomic mass is 16.3. The van der Waals surface area contributed by atoms with Crippen LogP contribution in [0.15, 0.2) is 24.3 Å². The maximum atomic E-state index is 12.1.